The first-order chi connectivity index (χ1) is 3.15. The summed E-state index contributed by atoms with van der Waals surface area (Å²) in [5.41, 5.74) is 0. The van der Waals surface area contributed by atoms with Crippen LogP contribution in [0, 0.1) is 0 Å². The molecule has 0 unspecified atom stereocenters. The highest BCUT2D eigenvalue weighted by Gasteiger charge is 1.77. The molecule has 0 atom stereocenters. The lowest BCUT2D eigenvalue weighted by molar-refractivity contribution is 0.318. The molecule has 0 rings (SSSR count). The first-order valence-electron chi connectivity index (χ1n) is 1.53. The van der Waals surface area contributed by atoms with E-state index in [1.54, 1.807) is 6.92 Å². The summed E-state index contributed by atoms with van der Waals surface area (Å²) < 4.78 is -0.183. The van der Waals surface area contributed by atoms with Crippen molar-refractivity contribution < 1.29 is 5.11 Å². The molecule has 0 bridgehead atoms. The fourth-order valence-corrected chi connectivity index (χ4v) is 0. The highest BCUT2D eigenvalue weighted by atomic mass is 80.0. The second kappa shape index (κ2) is 10.7. The van der Waals surface area contributed by atoms with Crippen molar-refractivity contribution in [2.75, 3.05) is 6.61 Å². The molecular formula is C2H6Br3OP. The summed E-state index contributed by atoms with van der Waals surface area (Å²) in [6.07, 6.45) is 0. The van der Waals surface area contributed by atoms with Crippen molar-refractivity contribution in [1.82, 2.24) is 0 Å². The lowest BCUT2D eigenvalue weighted by Crippen LogP contribution is -1.57. The van der Waals surface area contributed by atoms with E-state index in [1.165, 1.54) is 0 Å². The van der Waals surface area contributed by atoms with Gasteiger partial charge >= 0.3 is 0 Å². The maximum atomic E-state index is 7.57. The van der Waals surface area contributed by atoms with E-state index in [4.69, 9.17) is 5.11 Å². The molecule has 0 fully saturated rings. The first kappa shape index (κ1) is 11.6. The SMILES string of the molecule is BrP(Br)Br.CCO. The number of rotatable bonds is 0. The molecule has 5 heteroatoms. The maximum absolute atomic E-state index is 7.57. The summed E-state index contributed by atoms with van der Waals surface area (Å²) in [4.78, 5) is 0. The van der Waals surface area contributed by atoms with Gasteiger partial charge in [0.1, 0.15) is 4.03 Å². The van der Waals surface area contributed by atoms with Crippen molar-refractivity contribution in [3.8, 4) is 0 Å². The maximum Gasteiger partial charge on any atom is 0.103 e. The molecule has 0 aromatic rings. The molecule has 0 amide bonds. The molecule has 1 nitrogen and oxygen atoms in total. The van der Waals surface area contributed by atoms with Crippen LogP contribution in [0.3, 0.4) is 0 Å². The van der Waals surface area contributed by atoms with Gasteiger partial charge in [0.05, 0.1) is 0 Å². The van der Waals surface area contributed by atoms with Gasteiger partial charge in [-0.2, -0.15) is 0 Å². The summed E-state index contributed by atoms with van der Waals surface area (Å²) in [7, 11) is 0. The average Bonchev–Trinajstić information content (AvgIpc) is 1.33. The van der Waals surface area contributed by atoms with Crippen molar-refractivity contribution in [2.45, 2.75) is 6.92 Å². The Morgan fingerprint density at radius 3 is 1.43 bits per heavy atom. The van der Waals surface area contributed by atoms with Crippen molar-refractivity contribution in [3.63, 3.8) is 0 Å². The summed E-state index contributed by atoms with van der Waals surface area (Å²) >= 11 is 9.51. The molecule has 0 aromatic carbocycles. The van der Waals surface area contributed by atoms with E-state index in [0.29, 0.717) is 0 Å². The molecule has 0 spiro atoms. The molecule has 1 N–H and O–H groups in total. The molecular weight excluding hydrogens is 311 g/mol. The van der Waals surface area contributed by atoms with Crippen LogP contribution in [-0.2, 0) is 0 Å². The van der Waals surface area contributed by atoms with Crippen LogP contribution >= 0.6 is 50.5 Å². The average molecular weight is 317 g/mol. The van der Waals surface area contributed by atoms with Crippen LogP contribution in [0.15, 0.2) is 0 Å². The summed E-state index contributed by atoms with van der Waals surface area (Å²) in [5.74, 6) is 0. The van der Waals surface area contributed by atoms with Crippen LogP contribution in [0.25, 0.3) is 0 Å². The van der Waals surface area contributed by atoms with E-state index in [1.807, 2.05) is 0 Å². The van der Waals surface area contributed by atoms with Gasteiger partial charge in [-0.15, -0.1) is 0 Å². The topological polar surface area (TPSA) is 20.2 Å². The number of hydrogen-bond acceptors (Lipinski definition) is 1. The van der Waals surface area contributed by atoms with Crippen LogP contribution in [0.2, 0.25) is 0 Å². The molecule has 0 aliphatic heterocycles. The van der Waals surface area contributed by atoms with Gasteiger partial charge in [-0.3, -0.25) is 0 Å². The molecule has 7 heavy (non-hydrogen) atoms. The van der Waals surface area contributed by atoms with Gasteiger partial charge < -0.3 is 5.11 Å². The third-order valence-corrected chi connectivity index (χ3v) is 0. The second-order valence-corrected chi connectivity index (χ2v) is 15.8. The van der Waals surface area contributed by atoms with Crippen LogP contribution in [-0.4, -0.2) is 11.7 Å². The fraction of sp³-hybridized carbons (Fsp3) is 1.00. The van der Waals surface area contributed by atoms with E-state index in [9.17, 15) is 0 Å². The quantitative estimate of drug-likeness (QED) is 0.679. The standard InChI is InChI=1S/C2H6O.Br3P/c1-2-3;1-4(2)3/h3H,2H2,1H3;. The normalized spacial score (nSPS) is 7.71. The van der Waals surface area contributed by atoms with Gasteiger partial charge in [0.15, 0.2) is 0 Å². The Kier molecular flexibility index (Phi) is 17.8. The van der Waals surface area contributed by atoms with Gasteiger partial charge in [0, 0.05) is 6.61 Å². The molecule has 46 valence electrons. The zero-order valence-electron chi connectivity index (χ0n) is 3.74. The summed E-state index contributed by atoms with van der Waals surface area (Å²) in [6.45, 7) is 1.93. The number of aliphatic hydroxyl groups is 1. The van der Waals surface area contributed by atoms with Crippen molar-refractivity contribution >= 4 is 50.5 Å². The molecule has 0 heterocycles. The minimum atomic E-state index is -0.183. The third kappa shape index (κ3) is 79.5. The highest BCUT2D eigenvalue weighted by Crippen LogP contribution is 2.59. The zero-order valence-corrected chi connectivity index (χ0v) is 9.39. The Hall–Kier alpha value is 1.83. The van der Waals surface area contributed by atoms with Gasteiger partial charge in [0.2, 0.25) is 0 Å². The van der Waals surface area contributed by atoms with Gasteiger partial charge in [-0.1, -0.05) is 0 Å². The molecule has 0 aromatic heterocycles. The Balaban J connectivity index is 0. The van der Waals surface area contributed by atoms with Crippen molar-refractivity contribution in [1.29, 1.82) is 0 Å². The number of aliphatic hydroxyl groups excluding tert-OH is 1. The van der Waals surface area contributed by atoms with Crippen LogP contribution in [0.5, 0.6) is 0 Å². The molecule has 0 radical (unpaired) electrons. The molecule has 0 saturated heterocycles. The third-order valence-electron chi connectivity index (χ3n) is 0. The van der Waals surface area contributed by atoms with Gasteiger partial charge in [-0.25, -0.2) is 0 Å². The lowest BCUT2D eigenvalue weighted by Gasteiger charge is -1.70. The Morgan fingerprint density at radius 2 is 1.43 bits per heavy atom. The zero-order chi connectivity index (χ0) is 6.28. The molecule has 0 saturated carbocycles. The predicted molar refractivity (Wildman–Crippen MR) is 46.5 cm³/mol. The van der Waals surface area contributed by atoms with E-state index >= 15 is 0 Å². The predicted octanol–water partition coefficient (Wildman–Crippen LogP) is 3.40. The minimum absolute atomic E-state index is 0.183. The monoisotopic (exact) mass is 314 g/mol. The van der Waals surface area contributed by atoms with Crippen LogP contribution in [0.4, 0.5) is 0 Å². The Labute approximate surface area is 68.8 Å². The Bertz CT molecular complexity index is 24.1. The minimum Gasteiger partial charge on any atom is -0.397 e. The summed E-state index contributed by atoms with van der Waals surface area (Å²) in [6, 6.07) is 0. The Morgan fingerprint density at radius 1 is 1.43 bits per heavy atom. The van der Waals surface area contributed by atoms with Gasteiger partial charge in [-0.05, 0) is 53.4 Å². The van der Waals surface area contributed by atoms with E-state index in [2.05, 4.69) is 46.5 Å². The van der Waals surface area contributed by atoms with E-state index in [-0.39, 0.29) is 10.6 Å². The number of halogens is 3. The largest absolute Gasteiger partial charge is 0.397 e. The smallest absolute Gasteiger partial charge is 0.103 e. The summed E-state index contributed by atoms with van der Waals surface area (Å²) in [5, 5.41) is 7.57. The molecule has 0 aliphatic carbocycles. The van der Waals surface area contributed by atoms with Crippen molar-refractivity contribution in [3.05, 3.63) is 0 Å². The molecule has 0 aliphatic rings. The lowest BCUT2D eigenvalue weighted by atomic mass is 10.9. The van der Waals surface area contributed by atoms with Crippen molar-refractivity contribution in [2.24, 2.45) is 0 Å². The van der Waals surface area contributed by atoms with E-state index < -0.39 is 0 Å². The second-order valence-electron chi connectivity index (χ2n) is 0.508. The van der Waals surface area contributed by atoms with E-state index in [0.717, 1.165) is 0 Å². The fourth-order valence-electron chi connectivity index (χ4n) is 0. The van der Waals surface area contributed by atoms with Crippen LogP contribution < -0.4 is 0 Å². The first-order valence-corrected chi connectivity index (χ1v) is 8.93. The van der Waals surface area contributed by atoms with Crippen LogP contribution in [0.1, 0.15) is 6.92 Å². The highest BCUT2D eigenvalue weighted by molar-refractivity contribution is 9.93. The van der Waals surface area contributed by atoms with Gasteiger partial charge in [0.25, 0.3) is 0 Å². The number of hydrogen-bond donors (Lipinski definition) is 1.